The fourth-order valence-electron chi connectivity index (χ4n) is 3.41. The summed E-state index contributed by atoms with van der Waals surface area (Å²) < 4.78 is 37.7. The Morgan fingerprint density at radius 1 is 1.00 bits per heavy atom. The van der Waals surface area contributed by atoms with Crippen LogP contribution in [0, 0.1) is 0 Å². The molecule has 0 radical (unpaired) electrons. The van der Waals surface area contributed by atoms with Gasteiger partial charge in [0.05, 0.1) is 37.8 Å². The van der Waals surface area contributed by atoms with Gasteiger partial charge < -0.3 is 22.9 Å². The second-order valence-electron chi connectivity index (χ2n) is 6.31. The van der Waals surface area contributed by atoms with Crippen molar-refractivity contribution in [3.05, 3.63) is 54.4 Å². The van der Waals surface area contributed by atoms with Crippen LogP contribution in [0.5, 0.6) is 5.75 Å². The number of ether oxygens (including phenoxy) is 2. The van der Waals surface area contributed by atoms with Gasteiger partial charge in [0.1, 0.15) is 11.4 Å². The highest BCUT2D eigenvalue weighted by molar-refractivity contribution is 7.63. The van der Waals surface area contributed by atoms with Crippen molar-refractivity contribution in [2.45, 2.75) is 20.8 Å². The molecule has 2 heterocycles. The van der Waals surface area contributed by atoms with Crippen molar-refractivity contribution < 1.29 is 27.9 Å². The molecule has 3 aromatic rings. The summed E-state index contributed by atoms with van der Waals surface area (Å²) in [5, 5.41) is 0.319. The fraction of sp³-hybridized carbons (Fsp3) is 0.318. The zero-order valence-electron chi connectivity index (χ0n) is 17.6. The Balaban J connectivity index is 2.50. The number of aromatic nitrogens is 1. The highest BCUT2D eigenvalue weighted by atomic mass is 31.2. The van der Waals surface area contributed by atoms with Gasteiger partial charge in [0.15, 0.2) is 0 Å². The largest absolute Gasteiger partial charge is 0.497 e. The molecule has 7 nitrogen and oxygen atoms in total. The Morgan fingerprint density at radius 3 is 2.23 bits per heavy atom. The van der Waals surface area contributed by atoms with Crippen LogP contribution in [-0.4, -0.2) is 37.3 Å². The van der Waals surface area contributed by atoms with Gasteiger partial charge in [-0.1, -0.05) is 30.3 Å². The highest BCUT2D eigenvalue weighted by Gasteiger charge is 2.38. The van der Waals surface area contributed by atoms with Gasteiger partial charge in [0, 0.05) is 17.8 Å². The van der Waals surface area contributed by atoms with Crippen LogP contribution in [0.25, 0.3) is 16.6 Å². The lowest BCUT2D eigenvalue weighted by atomic mass is 10.1. The molecule has 0 aliphatic rings. The van der Waals surface area contributed by atoms with E-state index < -0.39 is 13.6 Å². The van der Waals surface area contributed by atoms with Gasteiger partial charge in [-0.25, -0.2) is 4.79 Å². The number of fused-ring (bicyclic) bond motifs is 1. The molecule has 0 amide bonds. The van der Waals surface area contributed by atoms with Crippen molar-refractivity contribution in [2.75, 3.05) is 26.9 Å². The average molecular weight is 431 g/mol. The number of pyridine rings is 1. The molecule has 1 aromatic carbocycles. The standard InChI is InChI=1S/C22H26NO6P/c1-5-27-22(24)20-19(16-11-9-8-10-12-16)21(30(25,28-6-2)29-7-3)18-15-17(26-4)13-14-23(18)20/h8-15H,5-7H2,1-4H3. The molecule has 0 atom stereocenters. The molecule has 8 heteroatoms. The molecule has 0 unspecified atom stereocenters. The number of benzene rings is 1. The van der Waals surface area contributed by atoms with Gasteiger partial charge >= 0.3 is 13.6 Å². The maximum absolute atomic E-state index is 14.0. The summed E-state index contributed by atoms with van der Waals surface area (Å²) >= 11 is 0. The Hall–Kier alpha value is -2.60. The first-order valence-corrected chi connectivity index (χ1v) is 11.4. The van der Waals surface area contributed by atoms with Crippen molar-refractivity contribution in [1.82, 2.24) is 4.40 Å². The van der Waals surface area contributed by atoms with Crippen LogP contribution < -0.4 is 10.0 Å². The Labute approximate surface area is 176 Å². The second kappa shape index (κ2) is 9.47. The Morgan fingerprint density at radius 2 is 1.67 bits per heavy atom. The number of nitrogens with zero attached hydrogens (tertiary/aromatic N) is 1. The lowest BCUT2D eigenvalue weighted by molar-refractivity contribution is 0.0519. The first kappa shape index (κ1) is 22.1. The van der Waals surface area contributed by atoms with Gasteiger partial charge in [-0.2, -0.15) is 0 Å². The van der Waals surface area contributed by atoms with Crippen LogP contribution in [0.1, 0.15) is 31.3 Å². The van der Waals surface area contributed by atoms with Crippen LogP contribution >= 0.6 is 7.60 Å². The molecular formula is C22H26NO6P. The van der Waals surface area contributed by atoms with Crippen LogP contribution in [0.3, 0.4) is 0 Å². The fourth-order valence-corrected chi connectivity index (χ4v) is 5.38. The first-order chi connectivity index (χ1) is 14.5. The lowest BCUT2D eigenvalue weighted by Crippen LogP contribution is -2.14. The Kier molecular flexibility index (Phi) is 6.98. The summed E-state index contributed by atoms with van der Waals surface area (Å²) in [5.41, 5.74) is 1.93. The summed E-state index contributed by atoms with van der Waals surface area (Å²) in [4.78, 5) is 13.0. The van der Waals surface area contributed by atoms with Gasteiger partial charge in [-0.05, 0) is 32.4 Å². The van der Waals surface area contributed by atoms with Gasteiger partial charge in [-0.15, -0.1) is 0 Å². The van der Waals surface area contributed by atoms with Crippen LogP contribution in [0.15, 0.2) is 48.7 Å². The van der Waals surface area contributed by atoms with E-state index in [2.05, 4.69) is 0 Å². The zero-order chi connectivity index (χ0) is 21.7. The third-order valence-electron chi connectivity index (χ3n) is 4.52. The molecule has 0 fully saturated rings. The number of hydrogen-bond acceptors (Lipinski definition) is 6. The maximum Gasteiger partial charge on any atom is 0.364 e. The SMILES string of the molecule is CCOC(=O)c1c(-c2ccccc2)c(P(=O)(OCC)OCC)c2cc(OC)ccn12. The number of rotatable bonds is 9. The van der Waals surface area contributed by atoms with E-state index in [1.807, 2.05) is 30.3 Å². The third-order valence-corrected chi connectivity index (χ3v) is 6.72. The molecule has 0 N–H and O–H groups in total. The molecule has 0 saturated heterocycles. The van der Waals surface area contributed by atoms with E-state index >= 15 is 0 Å². The van der Waals surface area contributed by atoms with E-state index in [1.165, 1.54) is 0 Å². The van der Waals surface area contributed by atoms with Crippen molar-refractivity contribution in [3.63, 3.8) is 0 Å². The molecule has 0 aliphatic heterocycles. The molecular weight excluding hydrogens is 405 g/mol. The van der Waals surface area contributed by atoms with Crippen molar-refractivity contribution in [2.24, 2.45) is 0 Å². The average Bonchev–Trinajstić information content (AvgIpc) is 3.10. The van der Waals surface area contributed by atoms with E-state index in [0.717, 1.165) is 0 Å². The number of esters is 1. The van der Waals surface area contributed by atoms with Crippen LogP contribution in [0.2, 0.25) is 0 Å². The normalized spacial score (nSPS) is 11.6. The summed E-state index contributed by atoms with van der Waals surface area (Å²) in [5.74, 6) is 0.0261. The van der Waals surface area contributed by atoms with E-state index in [4.69, 9.17) is 18.5 Å². The highest BCUT2D eigenvalue weighted by Crippen LogP contribution is 2.52. The zero-order valence-corrected chi connectivity index (χ0v) is 18.5. The van der Waals surface area contributed by atoms with E-state index in [0.29, 0.717) is 27.7 Å². The minimum atomic E-state index is -3.77. The van der Waals surface area contributed by atoms with Crippen molar-refractivity contribution >= 4 is 24.4 Å². The molecule has 0 saturated carbocycles. The van der Waals surface area contributed by atoms with Crippen LogP contribution in [-0.2, 0) is 18.3 Å². The monoisotopic (exact) mass is 431 g/mol. The Bertz CT molecular complexity index is 1070. The minimum absolute atomic E-state index is 0.182. The lowest BCUT2D eigenvalue weighted by Gasteiger charge is -2.18. The van der Waals surface area contributed by atoms with E-state index in [-0.39, 0.29) is 25.5 Å². The maximum atomic E-state index is 14.0. The van der Waals surface area contributed by atoms with Gasteiger partial charge in [0.2, 0.25) is 0 Å². The number of carbonyl (C=O) groups excluding carboxylic acids is 1. The molecule has 0 spiro atoms. The quantitative estimate of drug-likeness (QED) is 0.362. The molecule has 2 aromatic heterocycles. The van der Waals surface area contributed by atoms with E-state index in [1.54, 1.807) is 50.6 Å². The number of hydrogen-bond donors (Lipinski definition) is 0. The molecule has 160 valence electrons. The summed E-state index contributed by atoms with van der Waals surface area (Å²) in [7, 11) is -2.23. The second-order valence-corrected chi connectivity index (χ2v) is 8.27. The topological polar surface area (TPSA) is 75.5 Å². The van der Waals surface area contributed by atoms with Crippen molar-refractivity contribution in [1.29, 1.82) is 0 Å². The van der Waals surface area contributed by atoms with Crippen LogP contribution in [0.4, 0.5) is 0 Å². The summed E-state index contributed by atoms with van der Waals surface area (Å²) in [6.07, 6.45) is 1.69. The molecule has 0 aliphatic carbocycles. The summed E-state index contributed by atoms with van der Waals surface area (Å²) in [6, 6.07) is 12.7. The number of methoxy groups -OCH3 is 1. The first-order valence-electron chi connectivity index (χ1n) is 9.84. The van der Waals surface area contributed by atoms with Crippen molar-refractivity contribution in [3.8, 4) is 16.9 Å². The van der Waals surface area contributed by atoms with Gasteiger partial charge in [0.25, 0.3) is 0 Å². The minimum Gasteiger partial charge on any atom is -0.497 e. The van der Waals surface area contributed by atoms with Gasteiger partial charge in [-0.3, -0.25) is 4.57 Å². The summed E-state index contributed by atoms with van der Waals surface area (Å²) in [6.45, 7) is 5.81. The molecule has 3 rings (SSSR count). The predicted molar refractivity (Wildman–Crippen MR) is 116 cm³/mol. The molecule has 0 bridgehead atoms. The third kappa shape index (κ3) is 4.01. The smallest absolute Gasteiger partial charge is 0.364 e. The molecule has 30 heavy (non-hydrogen) atoms. The number of carbonyl (C=O) groups is 1. The predicted octanol–water partition coefficient (Wildman–Crippen LogP) is 4.68. The van der Waals surface area contributed by atoms with E-state index in [9.17, 15) is 9.36 Å².